The molecule has 0 saturated carbocycles. The Bertz CT molecular complexity index is 618. The molecule has 0 fully saturated rings. The third-order valence-corrected chi connectivity index (χ3v) is 2.41. The lowest BCUT2D eigenvalue weighted by Gasteiger charge is -1.93. The summed E-state index contributed by atoms with van der Waals surface area (Å²) in [6.45, 7) is 0. The van der Waals surface area contributed by atoms with Gasteiger partial charge in [0.15, 0.2) is 0 Å². The minimum absolute atomic E-state index is 0.255. The van der Waals surface area contributed by atoms with Crippen molar-refractivity contribution in [3.05, 3.63) is 28.6 Å². The van der Waals surface area contributed by atoms with Gasteiger partial charge in [0.05, 0.1) is 10.4 Å². The summed E-state index contributed by atoms with van der Waals surface area (Å²) in [5.41, 5.74) is 0. The minimum Gasteiger partial charge on any atom is -0.282 e. The van der Waals surface area contributed by atoms with Gasteiger partial charge < -0.3 is 0 Å². The summed E-state index contributed by atoms with van der Waals surface area (Å²) in [7, 11) is -4.52. The van der Waals surface area contributed by atoms with Crippen LogP contribution in [-0.4, -0.2) is 24.9 Å². The summed E-state index contributed by atoms with van der Waals surface area (Å²) in [5.74, 6) is 2.64. The Balaban J connectivity index is 4.03. The fraction of sp³-hybridized carbons (Fsp3) is 0. The molecule has 14 heavy (non-hydrogen) atoms. The van der Waals surface area contributed by atoms with Crippen molar-refractivity contribution < 1.29 is 22.6 Å². The van der Waals surface area contributed by atoms with Crippen LogP contribution in [0.1, 0.15) is 0 Å². The molecule has 0 aliphatic carbocycles. The number of hydrogen-bond donors (Lipinski definition) is 1. The van der Waals surface area contributed by atoms with Crippen molar-refractivity contribution in [2.75, 3.05) is 0 Å². The fourth-order valence-electron chi connectivity index (χ4n) is 0.936. The summed E-state index contributed by atoms with van der Waals surface area (Å²) < 4.78 is 30.1. The first-order chi connectivity index (χ1) is 6.50. The Labute approximate surface area is 78.7 Å². The summed E-state index contributed by atoms with van der Waals surface area (Å²) in [4.78, 5) is 20.0. The van der Waals surface area contributed by atoms with Crippen molar-refractivity contribution >= 4 is 22.0 Å². The second-order valence-electron chi connectivity index (χ2n) is 2.36. The first kappa shape index (κ1) is 10.4. The lowest BCUT2D eigenvalue weighted by molar-refractivity contribution is 0.482. The molecule has 0 aliphatic heterocycles. The van der Waals surface area contributed by atoms with Gasteiger partial charge in [-0.2, -0.15) is 8.42 Å². The zero-order valence-electron chi connectivity index (χ0n) is 6.72. The summed E-state index contributed by atoms with van der Waals surface area (Å²) in [5, 5.41) is -0.764. The van der Waals surface area contributed by atoms with Gasteiger partial charge in [0.2, 0.25) is 0 Å². The van der Waals surface area contributed by atoms with Crippen LogP contribution in [-0.2, 0) is 19.7 Å². The molecule has 5 nitrogen and oxygen atoms in total. The molecule has 0 atom stereocenters. The van der Waals surface area contributed by atoms with Gasteiger partial charge in [-0.15, -0.1) is 0 Å². The maximum atomic E-state index is 10.7. The van der Waals surface area contributed by atoms with Gasteiger partial charge >= 0.3 is 0 Å². The van der Waals surface area contributed by atoms with E-state index in [-0.39, 0.29) is 5.22 Å². The van der Waals surface area contributed by atoms with E-state index in [0.717, 1.165) is 6.07 Å². The Morgan fingerprint density at radius 2 is 1.79 bits per heavy atom. The van der Waals surface area contributed by atoms with Crippen LogP contribution in [0.25, 0.3) is 0 Å². The standard InChI is InChI=1S/C8H4O5S/c9-4-6-2-1-3-8(7(6)5-10)14(11,12)13/h1-3H,(H,11,12,13). The Morgan fingerprint density at radius 1 is 1.14 bits per heavy atom. The molecule has 0 heterocycles. The van der Waals surface area contributed by atoms with Crippen LogP contribution in [0, 0.1) is 0 Å². The van der Waals surface area contributed by atoms with Crippen molar-refractivity contribution in [2.24, 2.45) is 0 Å². The molecule has 72 valence electrons. The van der Waals surface area contributed by atoms with E-state index in [0.29, 0.717) is 0 Å². The van der Waals surface area contributed by atoms with Crippen molar-refractivity contribution in [3.8, 4) is 0 Å². The van der Waals surface area contributed by atoms with Crippen LogP contribution >= 0.6 is 0 Å². The van der Waals surface area contributed by atoms with Crippen molar-refractivity contribution in [2.45, 2.75) is 4.90 Å². The molecule has 0 amide bonds. The third-order valence-electron chi connectivity index (χ3n) is 1.52. The molecule has 1 rings (SSSR count). The van der Waals surface area contributed by atoms with E-state index in [2.05, 4.69) is 0 Å². The van der Waals surface area contributed by atoms with Crippen LogP contribution < -0.4 is 10.4 Å². The van der Waals surface area contributed by atoms with Gasteiger partial charge in [0, 0.05) is 0 Å². The first-order valence-corrected chi connectivity index (χ1v) is 4.81. The van der Waals surface area contributed by atoms with Gasteiger partial charge in [-0.25, -0.2) is 9.59 Å². The van der Waals surface area contributed by atoms with Crippen LogP contribution in [0.5, 0.6) is 0 Å². The lowest BCUT2D eigenvalue weighted by Crippen LogP contribution is -2.32. The molecule has 0 radical (unpaired) electrons. The van der Waals surface area contributed by atoms with Gasteiger partial charge in [-0.3, -0.25) is 4.55 Å². The highest BCUT2D eigenvalue weighted by atomic mass is 32.2. The van der Waals surface area contributed by atoms with E-state index in [9.17, 15) is 18.0 Å². The Hall–Kier alpha value is -1.71. The van der Waals surface area contributed by atoms with E-state index in [1.165, 1.54) is 24.0 Å². The van der Waals surface area contributed by atoms with Crippen LogP contribution in [0.3, 0.4) is 0 Å². The molecule has 0 aliphatic rings. The van der Waals surface area contributed by atoms with Crippen molar-refractivity contribution in [1.29, 1.82) is 0 Å². The quantitative estimate of drug-likeness (QED) is 0.541. The monoisotopic (exact) mass is 212 g/mol. The number of carbonyl (C=O) groups excluding carboxylic acids is 2. The Morgan fingerprint density at radius 3 is 2.21 bits per heavy atom. The highest BCUT2D eigenvalue weighted by Crippen LogP contribution is 1.97. The topological polar surface area (TPSA) is 88.5 Å². The van der Waals surface area contributed by atoms with Gasteiger partial charge in [0.25, 0.3) is 10.1 Å². The molecule has 0 bridgehead atoms. The van der Waals surface area contributed by atoms with E-state index >= 15 is 0 Å². The summed E-state index contributed by atoms with van der Waals surface area (Å²) in [6, 6.07) is 3.41. The molecule has 0 aromatic heterocycles. The normalized spacial score (nSPS) is 10.4. The van der Waals surface area contributed by atoms with Gasteiger partial charge in [0.1, 0.15) is 16.8 Å². The zero-order valence-corrected chi connectivity index (χ0v) is 7.54. The van der Waals surface area contributed by atoms with Crippen molar-refractivity contribution in [1.82, 2.24) is 0 Å². The highest BCUT2D eigenvalue weighted by molar-refractivity contribution is 7.85. The van der Waals surface area contributed by atoms with Gasteiger partial charge in [-0.05, 0) is 12.1 Å². The number of hydrogen-bond acceptors (Lipinski definition) is 4. The van der Waals surface area contributed by atoms with E-state index in [1.54, 1.807) is 0 Å². The lowest BCUT2D eigenvalue weighted by atomic mass is 10.3. The molecule has 1 aromatic rings. The predicted octanol–water partition coefficient (Wildman–Crippen LogP) is -2.06. The third kappa shape index (κ3) is 1.79. The average Bonchev–Trinajstić information content (AvgIpc) is 2.15. The van der Waals surface area contributed by atoms with Crippen molar-refractivity contribution in [3.63, 3.8) is 0 Å². The second kappa shape index (κ2) is 3.57. The second-order valence-corrected chi connectivity index (χ2v) is 3.75. The maximum Gasteiger partial charge on any atom is 0.295 e. The SMILES string of the molecule is O=C=c1cccc(S(=O)(=O)O)c1=C=O. The number of benzene rings is 1. The molecular formula is C8H4O5S. The molecule has 0 spiro atoms. The van der Waals surface area contributed by atoms with E-state index < -0.39 is 20.2 Å². The largest absolute Gasteiger partial charge is 0.295 e. The van der Waals surface area contributed by atoms with Crippen LogP contribution in [0.2, 0.25) is 0 Å². The average molecular weight is 212 g/mol. The molecule has 6 heteroatoms. The molecule has 0 saturated heterocycles. The zero-order chi connectivity index (χ0) is 10.8. The Kier molecular flexibility index (Phi) is 2.65. The molecule has 1 aromatic carbocycles. The smallest absolute Gasteiger partial charge is 0.282 e. The summed E-state index contributed by atoms with van der Waals surface area (Å²) in [6.07, 6.45) is 0. The maximum absolute atomic E-state index is 10.7. The van der Waals surface area contributed by atoms with Crippen LogP contribution in [0.15, 0.2) is 23.1 Å². The molecule has 1 N–H and O–H groups in total. The van der Waals surface area contributed by atoms with Gasteiger partial charge in [-0.1, -0.05) is 6.07 Å². The first-order valence-electron chi connectivity index (χ1n) is 3.37. The van der Waals surface area contributed by atoms with Crippen LogP contribution in [0.4, 0.5) is 0 Å². The predicted molar refractivity (Wildman–Crippen MR) is 45.1 cm³/mol. The minimum atomic E-state index is -4.52. The number of rotatable bonds is 1. The molecule has 0 unspecified atom stereocenters. The molecular weight excluding hydrogens is 208 g/mol. The fourth-order valence-corrected chi connectivity index (χ4v) is 1.60. The van der Waals surface area contributed by atoms with E-state index in [1.807, 2.05) is 0 Å². The summed E-state index contributed by atoms with van der Waals surface area (Å²) >= 11 is 0. The van der Waals surface area contributed by atoms with E-state index in [4.69, 9.17) is 4.55 Å². The highest BCUT2D eigenvalue weighted by Gasteiger charge is 2.12.